The SMILES string of the molecule is Cc1cc(Br)cc2c1N(CCCOc1ccc(Cl)cc1Cl)C(=O)C2=O. The number of carbonyl (C=O) groups is 2. The first kappa shape index (κ1) is 18.2. The summed E-state index contributed by atoms with van der Waals surface area (Å²) >= 11 is 15.3. The van der Waals surface area contributed by atoms with E-state index >= 15 is 0 Å². The Morgan fingerprint density at radius 2 is 1.92 bits per heavy atom. The normalized spacial score (nSPS) is 13.4. The van der Waals surface area contributed by atoms with E-state index in [1.165, 1.54) is 4.90 Å². The van der Waals surface area contributed by atoms with Crippen molar-refractivity contribution in [3.05, 3.63) is 56.0 Å². The number of Topliss-reactive ketones (excluding diaryl/α,β-unsaturated/α-hetero) is 1. The molecule has 0 unspecified atom stereocenters. The van der Waals surface area contributed by atoms with Crippen LogP contribution in [0.4, 0.5) is 5.69 Å². The number of benzene rings is 2. The number of halogens is 3. The minimum atomic E-state index is -0.499. The van der Waals surface area contributed by atoms with Crippen molar-refractivity contribution < 1.29 is 14.3 Å². The summed E-state index contributed by atoms with van der Waals surface area (Å²) in [6, 6.07) is 8.59. The maximum absolute atomic E-state index is 12.3. The fourth-order valence-electron chi connectivity index (χ4n) is 2.82. The molecule has 0 fully saturated rings. The molecular weight excluding hydrogens is 429 g/mol. The van der Waals surface area contributed by atoms with Gasteiger partial charge in [-0.25, -0.2) is 0 Å². The van der Waals surface area contributed by atoms with Crippen molar-refractivity contribution in [2.45, 2.75) is 13.3 Å². The molecule has 0 spiro atoms. The van der Waals surface area contributed by atoms with Crippen LogP contribution < -0.4 is 9.64 Å². The highest BCUT2D eigenvalue weighted by Crippen LogP contribution is 2.35. The molecule has 1 amide bonds. The van der Waals surface area contributed by atoms with E-state index in [4.69, 9.17) is 27.9 Å². The number of hydrogen-bond donors (Lipinski definition) is 0. The topological polar surface area (TPSA) is 46.6 Å². The second-order valence-electron chi connectivity index (χ2n) is 5.68. The number of nitrogens with zero attached hydrogens (tertiary/aromatic N) is 1. The molecule has 3 rings (SSSR count). The monoisotopic (exact) mass is 441 g/mol. The Kier molecular flexibility index (Phi) is 5.37. The van der Waals surface area contributed by atoms with Crippen molar-refractivity contribution in [2.24, 2.45) is 0 Å². The number of fused-ring (bicyclic) bond motifs is 1. The third kappa shape index (κ3) is 3.68. The molecule has 25 heavy (non-hydrogen) atoms. The van der Waals surface area contributed by atoms with Crippen LogP contribution in [0.1, 0.15) is 22.3 Å². The lowest BCUT2D eigenvalue weighted by Crippen LogP contribution is -2.31. The van der Waals surface area contributed by atoms with Gasteiger partial charge in [0, 0.05) is 16.0 Å². The third-order valence-corrected chi connectivity index (χ3v) is 4.89. The van der Waals surface area contributed by atoms with Gasteiger partial charge in [-0.2, -0.15) is 0 Å². The molecule has 2 aromatic rings. The second kappa shape index (κ2) is 7.36. The van der Waals surface area contributed by atoms with Gasteiger partial charge in [0.1, 0.15) is 5.75 Å². The van der Waals surface area contributed by atoms with E-state index in [1.807, 2.05) is 13.0 Å². The largest absolute Gasteiger partial charge is 0.492 e. The fourth-order valence-corrected chi connectivity index (χ4v) is 3.85. The standard InChI is InChI=1S/C18H14BrCl2NO3/c1-10-7-11(19)8-13-16(10)22(18(24)17(13)23)5-2-6-25-15-4-3-12(20)9-14(15)21/h3-4,7-9H,2,5-6H2,1H3. The van der Waals surface area contributed by atoms with Crippen molar-refractivity contribution in [3.8, 4) is 5.75 Å². The molecule has 0 aliphatic carbocycles. The van der Waals surface area contributed by atoms with E-state index in [1.54, 1.807) is 24.3 Å². The Morgan fingerprint density at radius 1 is 1.16 bits per heavy atom. The zero-order valence-electron chi connectivity index (χ0n) is 13.3. The van der Waals surface area contributed by atoms with Gasteiger partial charge in [0.25, 0.3) is 11.7 Å². The summed E-state index contributed by atoms with van der Waals surface area (Å²) in [5.41, 5.74) is 2.01. The summed E-state index contributed by atoms with van der Waals surface area (Å²) in [4.78, 5) is 26.0. The van der Waals surface area contributed by atoms with Crippen LogP contribution in [0.5, 0.6) is 5.75 Å². The summed E-state index contributed by atoms with van der Waals surface area (Å²) in [6.45, 7) is 2.64. The summed E-state index contributed by atoms with van der Waals surface area (Å²) < 4.78 is 6.41. The Balaban J connectivity index is 1.66. The number of ether oxygens (including phenoxy) is 1. The predicted octanol–water partition coefficient (Wildman–Crippen LogP) is 5.06. The fraction of sp³-hybridized carbons (Fsp3) is 0.222. The predicted molar refractivity (Wildman–Crippen MR) is 102 cm³/mol. The number of amides is 1. The molecule has 130 valence electrons. The van der Waals surface area contributed by atoms with Crippen molar-refractivity contribution in [1.82, 2.24) is 0 Å². The highest BCUT2D eigenvalue weighted by molar-refractivity contribution is 9.10. The molecule has 0 aromatic heterocycles. The van der Waals surface area contributed by atoms with Gasteiger partial charge >= 0.3 is 0 Å². The molecule has 0 radical (unpaired) electrons. The molecule has 0 atom stereocenters. The van der Waals surface area contributed by atoms with E-state index in [2.05, 4.69) is 15.9 Å². The molecule has 0 bridgehead atoms. The zero-order chi connectivity index (χ0) is 18.1. The van der Waals surface area contributed by atoms with E-state index in [0.29, 0.717) is 46.6 Å². The Morgan fingerprint density at radius 3 is 2.64 bits per heavy atom. The molecule has 0 saturated carbocycles. The van der Waals surface area contributed by atoms with Crippen LogP contribution >= 0.6 is 39.1 Å². The molecule has 1 aliphatic heterocycles. The van der Waals surface area contributed by atoms with E-state index in [0.717, 1.165) is 10.0 Å². The Bertz CT molecular complexity index is 870. The molecule has 7 heteroatoms. The van der Waals surface area contributed by atoms with Gasteiger partial charge in [-0.1, -0.05) is 39.1 Å². The number of rotatable bonds is 5. The zero-order valence-corrected chi connectivity index (χ0v) is 16.4. The quantitative estimate of drug-likeness (QED) is 0.480. The molecule has 1 aliphatic rings. The van der Waals surface area contributed by atoms with Crippen LogP contribution in [-0.2, 0) is 4.79 Å². The van der Waals surface area contributed by atoms with Crippen LogP contribution in [0, 0.1) is 6.92 Å². The Labute approximate surface area is 163 Å². The van der Waals surface area contributed by atoms with Crippen LogP contribution in [0.2, 0.25) is 10.0 Å². The van der Waals surface area contributed by atoms with Crippen LogP contribution in [-0.4, -0.2) is 24.8 Å². The van der Waals surface area contributed by atoms with Gasteiger partial charge in [-0.05, 0) is 49.2 Å². The maximum atomic E-state index is 12.3. The van der Waals surface area contributed by atoms with E-state index in [-0.39, 0.29) is 0 Å². The summed E-state index contributed by atoms with van der Waals surface area (Å²) in [5.74, 6) is -0.433. The number of aryl methyl sites for hydroxylation is 1. The Hall–Kier alpha value is -1.56. The van der Waals surface area contributed by atoms with Crippen LogP contribution in [0.25, 0.3) is 0 Å². The molecule has 2 aromatic carbocycles. The first-order valence-electron chi connectivity index (χ1n) is 7.62. The van der Waals surface area contributed by atoms with Gasteiger partial charge in [0.15, 0.2) is 0 Å². The lowest BCUT2D eigenvalue weighted by molar-refractivity contribution is -0.114. The van der Waals surface area contributed by atoms with Crippen LogP contribution in [0.15, 0.2) is 34.8 Å². The van der Waals surface area contributed by atoms with Gasteiger partial charge < -0.3 is 9.64 Å². The smallest absolute Gasteiger partial charge is 0.299 e. The van der Waals surface area contributed by atoms with E-state index in [9.17, 15) is 9.59 Å². The van der Waals surface area contributed by atoms with Crippen molar-refractivity contribution in [2.75, 3.05) is 18.1 Å². The van der Waals surface area contributed by atoms with Crippen molar-refractivity contribution in [3.63, 3.8) is 0 Å². The summed E-state index contributed by atoms with van der Waals surface area (Å²) in [6.07, 6.45) is 0.562. The molecule has 0 N–H and O–H groups in total. The lowest BCUT2D eigenvalue weighted by atomic mass is 10.1. The number of ketones is 1. The lowest BCUT2D eigenvalue weighted by Gasteiger charge is -2.19. The minimum Gasteiger partial charge on any atom is -0.492 e. The van der Waals surface area contributed by atoms with Crippen molar-refractivity contribution >= 4 is 56.5 Å². The van der Waals surface area contributed by atoms with Gasteiger partial charge in [0.2, 0.25) is 0 Å². The molecular formula is C18H14BrCl2NO3. The number of hydrogen-bond acceptors (Lipinski definition) is 3. The first-order chi connectivity index (χ1) is 11.9. The van der Waals surface area contributed by atoms with Crippen molar-refractivity contribution in [1.29, 1.82) is 0 Å². The average molecular weight is 443 g/mol. The maximum Gasteiger partial charge on any atom is 0.299 e. The average Bonchev–Trinajstić information content (AvgIpc) is 2.78. The summed E-state index contributed by atoms with van der Waals surface area (Å²) in [7, 11) is 0. The summed E-state index contributed by atoms with van der Waals surface area (Å²) in [5, 5.41) is 0.975. The molecule has 0 saturated heterocycles. The number of carbonyl (C=O) groups excluding carboxylic acids is 2. The highest BCUT2D eigenvalue weighted by Gasteiger charge is 2.36. The highest BCUT2D eigenvalue weighted by atomic mass is 79.9. The molecule has 4 nitrogen and oxygen atoms in total. The second-order valence-corrected chi connectivity index (χ2v) is 7.44. The van der Waals surface area contributed by atoms with Gasteiger partial charge in [-0.3, -0.25) is 9.59 Å². The van der Waals surface area contributed by atoms with Crippen LogP contribution in [0.3, 0.4) is 0 Å². The molecule has 1 heterocycles. The third-order valence-electron chi connectivity index (χ3n) is 3.90. The van der Waals surface area contributed by atoms with E-state index < -0.39 is 11.7 Å². The minimum absolute atomic E-state index is 0.365. The van der Waals surface area contributed by atoms with Gasteiger partial charge in [-0.15, -0.1) is 0 Å². The first-order valence-corrected chi connectivity index (χ1v) is 9.17. The van der Waals surface area contributed by atoms with Gasteiger partial charge in [0.05, 0.1) is 22.9 Å². The number of anilines is 1.